The molecule has 5 nitrogen and oxygen atoms in total. The van der Waals surface area contributed by atoms with Gasteiger partial charge in [-0.1, -0.05) is 6.92 Å². The summed E-state index contributed by atoms with van der Waals surface area (Å²) in [6.07, 6.45) is 6.86. The van der Waals surface area contributed by atoms with E-state index < -0.39 is 0 Å². The molecular formula is C18H26N4O. The average Bonchev–Trinajstić information content (AvgIpc) is 2.94. The third-order valence-electron chi connectivity index (χ3n) is 5.00. The van der Waals surface area contributed by atoms with E-state index in [-0.39, 0.29) is 5.92 Å². The molecule has 0 bridgehead atoms. The van der Waals surface area contributed by atoms with Crippen LogP contribution in [0.1, 0.15) is 52.1 Å². The molecule has 124 valence electrons. The van der Waals surface area contributed by atoms with Gasteiger partial charge in [0, 0.05) is 30.4 Å². The van der Waals surface area contributed by atoms with Crippen LogP contribution in [0.4, 0.5) is 5.69 Å². The molecule has 5 heteroatoms. The number of ketones is 1. The van der Waals surface area contributed by atoms with E-state index in [9.17, 15) is 4.79 Å². The highest BCUT2D eigenvalue weighted by Crippen LogP contribution is 2.31. The lowest BCUT2D eigenvalue weighted by molar-refractivity contribution is -0.121. The van der Waals surface area contributed by atoms with Gasteiger partial charge >= 0.3 is 0 Å². The number of carbonyl (C=O) groups excluding carboxylic acids is 1. The molecule has 1 saturated carbocycles. The number of nitrogens with zero attached hydrogens (tertiary/aromatic N) is 3. The van der Waals surface area contributed by atoms with Gasteiger partial charge < -0.3 is 5.32 Å². The molecule has 2 aromatic heterocycles. The van der Waals surface area contributed by atoms with Crippen molar-refractivity contribution in [1.82, 2.24) is 14.8 Å². The van der Waals surface area contributed by atoms with Gasteiger partial charge in [-0.2, -0.15) is 5.10 Å². The largest absolute Gasteiger partial charge is 0.382 e. The van der Waals surface area contributed by atoms with Gasteiger partial charge in [-0.3, -0.25) is 4.79 Å². The SMILES string of the molecule is CCc1nn(CC)c2nccc(NC3CCC(C(C)=O)CC3)c12. The maximum absolute atomic E-state index is 11.5. The van der Waals surface area contributed by atoms with Crippen molar-refractivity contribution in [2.75, 3.05) is 5.32 Å². The minimum atomic E-state index is 0.263. The Labute approximate surface area is 137 Å². The normalized spacial score (nSPS) is 21.5. The Hall–Kier alpha value is -1.91. The van der Waals surface area contributed by atoms with Gasteiger partial charge in [0.1, 0.15) is 5.78 Å². The number of fused-ring (bicyclic) bond motifs is 1. The average molecular weight is 314 g/mol. The van der Waals surface area contributed by atoms with E-state index >= 15 is 0 Å². The van der Waals surface area contributed by atoms with Crippen molar-refractivity contribution >= 4 is 22.5 Å². The van der Waals surface area contributed by atoms with Gasteiger partial charge in [0.2, 0.25) is 0 Å². The van der Waals surface area contributed by atoms with Crippen molar-refractivity contribution in [3.8, 4) is 0 Å². The molecule has 0 amide bonds. The Kier molecular flexibility index (Phi) is 4.64. The molecular weight excluding hydrogens is 288 g/mol. The zero-order valence-electron chi connectivity index (χ0n) is 14.3. The first-order valence-electron chi connectivity index (χ1n) is 8.75. The lowest BCUT2D eigenvalue weighted by atomic mass is 9.84. The van der Waals surface area contributed by atoms with Crippen molar-refractivity contribution in [3.63, 3.8) is 0 Å². The number of aromatic nitrogens is 3. The first-order chi connectivity index (χ1) is 11.1. The van der Waals surface area contributed by atoms with E-state index in [2.05, 4.69) is 35.3 Å². The van der Waals surface area contributed by atoms with Crippen molar-refractivity contribution in [2.24, 2.45) is 5.92 Å². The summed E-state index contributed by atoms with van der Waals surface area (Å²) in [6, 6.07) is 2.49. The summed E-state index contributed by atoms with van der Waals surface area (Å²) < 4.78 is 1.98. The Morgan fingerprint density at radius 3 is 2.65 bits per heavy atom. The summed E-state index contributed by atoms with van der Waals surface area (Å²) in [7, 11) is 0. The molecule has 1 N–H and O–H groups in total. The molecule has 23 heavy (non-hydrogen) atoms. The topological polar surface area (TPSA) is 59.8 Å². The standard InChI is InChI=1S/C18H26N4O/c1-4-15-17-16(10-11-19-18(17)22(5-2)21-15)20-14-8-6-13(7-9-14)12(3)23/h10-11,13-14H,4-9H2,1-3H3,(H,19,20). The molecule has 0 saturated heterocycles. The van der Waals surface area contributed by atoms with Gasteiger partial charge in [-0.25, -0.2) is 9.67 Å². The summed E-state index contributed by atoms with van der Waals surface area (Å²) in [6.45, 7) is 6.78. The fourth-order valence-corrected chi connectivity index (χ4v) is 3.63. The maximum Gasteiger partial charge on any atom is 0.160 e. The number of carbonyl (C=O) groups is 1. The molecule has 0 aliphatic heterocycles. The lowest BCUT2D eigenvalue weighted by Gasteiger charge is -2.28. The Balaban J connectivity index is 1.83. The molecule has 0 spiro atoms. The number of aryl methyl sites for hydroxylation is 2. The van der Waals surface area contributed by atoms with Crippen LogP contribution in [0.15, 0.2) is 12.3 Å². The lowest BCUT2D eigenvalue weighted by Crippen LogP contribution is -2.28. The zero-order chi connectivity index (χ0) is 16.4. The number of pyridine rings is 1. The number of rotatable bonds is 5. The fourth-order valence-electron chi connectivity index (χ4n) is 3.63. The van der Waals surface area contributed by atoms with Gasteiger partial charge in [0.15, 0.2) is 5.65 Å². The molecule has 3 rings (SSSR count). The minimum absolute atomic E-state index is 0.263. The second-order valence-corrected chi connectivity index (χ2v) is 6.48. The Bertz CT molecular complexity index is 698. The third kappa shape index (κ3) is 3.09. The molecule has 2 aromatic rings. The third-order valence-corrected chi connectivity index (χ3v) is 5.00. The van der Waals surface area contributed by atoms with Crippen molar-refractivity contribution in [2.45, 2.75) is 65.5 Å². The molecule has 0 aromatic carbocycles. The van der Waals surface area contributed by atoms with Crippen LogP contribution in [0.2, 0.25) is 0 Å². The molecule has 1 aliphatic rings. The van der Waals surface area contributed by atoms with Crippen LogP contribution in [0.5, 0.6) is 0 Å². The highest BCUT2D eigenvalue weighted by Gasteiger charge is 2.24. The molecule has 0 radical (unpaired) electrons. The summed E-state index contributed by atoms with van der Waals surface area (Å²) in [5.74, 6) is 0.604. The second kappa shape index (κ2) is 6.69. The summed E-state index contributed by atoms with van der Waals surface area (Å²) in [5, 5.41) is 9.53. The van der Waals surface area contributed by atoms with Crippen molar-refractivity contribution in [3.05, 3.63) is 18.0 Å². The van der Waals surface area contributed by atoms with E-state index in [1.54, 1.807) is 6.92 Å². The van der Waals surface area contributed by atoms with E-state index in [0.717, 1.165) is 61.1 Å². The van der Waals surface area contributed by atoms with Crippen LogP contribution in [0.3, 0.4) is 0 Å². The second-order valence-electron chi connectivity index (χ2n) is 6.48. The van der Waals surface area contributed by atoms with E-state index in [1.807, 2.05) is 10.9 Å². The Morgan fingerprint density at radius 1 is 1.30 bits per heavy atom. The van der Waals surface area contributed by atoms with Gasteiger partial charge in [0.05, 0.1) is 11.1 Å². The van der Waals surface area contributed by atoms with Crippen LogP contribution in [-0.4, -0.2) is 26.6 Å². The van der Waals surface area contributed by atoms with Crippen LogP contribution in [-0.2, 0) is 17.8 Å². The number of hydrogen-bond donors (Lipinski definition) is 1. The number of hydrogen-bond acceptors (Lipinski definition) is 4. The van der Waals surface area contributed by atoms with Gasteiger partial charge in [-0.05, 0) is 52.0 Å². The molecule has 1 fully saturated rings. The molecule has 1 aliphatic carbocycles. The predicted molar refractivity (Wildman–Crippen MR) is 92.6 cm³/mol. The van der Waals surface area contributed by atoms with Crippen LogP contribution in [0, 0.1) is 5.92 Å². The predicted octanol–water partition coefficient (Wildman–Crippen LogP) is 3.57. The van der Waals surface area contributed by atoms with Crippen LogP contribution >= 0.6 is 0 Å². The molecule has 2 heterocycles. The molecule has 0 unspecified atom stereocenters. The smallest absolute Gasteiger partial charge is 0.160 e. The quantitative estimate of drug-likeness (QED) is 0.916. The summed E-state index contributed by atoms with van der Waals surface area (Å²) in [4.78, 5) is 16.0. The Morgan fingerprint density at radius 2 is 2.04 bits per heavy atom. The molecule has 0 atom stereocenters. The minimum Gasteiger partial charge on any atom is -0.382 e. The monoisotopic (exact) mass is 314 g/mol. The van der Waals surface area contributed by atoms with E-state index in [0.29, 0.717) is 11.8 Å². The van der Waals surface area contributed by atoms with Crippen molar-refractivity contribution < 1.29 is 4.79 Å². The van der Waals surface area contributed by atoms with E-state index in [4.69, 9.17) is 0 Å². The maximum atomic E-state index is 11.5. The number of Topliss-reactive ketones (excluding diaryl/α,β-unsaturated/α-hetero) is 1. The highest BCUT2D eigenvalue weighted by molar-refractivity contribution is 5.91. The zero-order valence-corrected chi connectivity index (χ0v) is 14.3. The first kappa shape index (κ1) is 16.0. The van der Waals surface area contributed by atoms with Crippen LogP contribution < -0.4 is 5.32 Å². The highest BCUT2D eigenvalue weighted by atomic mass is 16.1. The first-order valence-corrected chi connectivity index (χ1v) is 8.75. The van der Waals surface area contributed by atoms with Crippen molar-refractivity contribution in [1.29, 1.82) is 0 Å². The van der Waals surface area contributed by atoms with Gasteiger partial charge in [-0.15, -0.1) is 0 Å². The summed E-state index contributed by atoms with van der Waals surface area (Å²) in [5.41, 5.74) is 3.21. The van der Waals surface area contributed by atoms with E-state index in [1.165, 1.54) is 0 Å². The number of nitrogens with one attached hydrogen (secondary N) is 1. The number of anilines is 1. The fraction of sp³-hybridized carbons (Fsp3) is 0.611. The van der Waals surface area contributed by atoms with Crippen LogP contribution in [0.25, 0.3) is 11.0 Å². The summed E-state index contributed by atoms with van der Waals surface area (Å²) >= 11 is 0. The van der Waals surface area contributed by atoms with Gasteiger partial charge in [0.25, 0.3) is 0 Å².